The van der Waals surface area contributed by atoms with Crippen LogP contribution in [0.25, 0.3) is 0 Å². The Morgan fingerprint density at radius 3 is 3.08 bits per heavy atom. The Balaban J connectivity index is 1.35. The largest absolute Gasteiger partial charge is 0.454 e. The standard InChI is InChI=1S/C18H20N2O5/c1-22-10-17-19-13-9-20(7-6-14(13)25-17)18(21)5-3-12-2-4-15-16(8-12)24-11-23-15/h2,4,8H,3,5-7,9-11H2,1H3. The van der Waals surface area contributed by atoms with Crippen LogP contribution in [0, 0.1) is 0 Å². The first kappa shape index (κ1) is 16.0. The van der Waals surface area contributed by atoms with Gasteiger partial charge >= 0.3 is 0 Å². The predicted octanol–water partition coefficient (Wildman–Crippen LogP) is 2.07. The molecule has 2 aliphatic rings. The molecule has 0 fully saturated rings. The van der Waals surface area contributed by atoms with Crippen molar-refractivity contribution < 1.29 is 23.4 Å². The average molecular weight is 344 g/mol. The molecule has 0 saturated heterocycles. The van der Waals surface area contributed by atoms with Gasteiger partial charge in [0.1, 0.15) is 18.1 Å². The van der Waals surface area contributed by atoms with E-state index in [1.807, 2.05) is 23.1 Å². The summed E-state index contributed by atoms with van der Waals surface area (Å²) in [7, 11) is 1.61. The van der Waals surface area contributed by atoms with E-state index in [1.165, 1.54) is 0 Å². The first-order chi connectivity index (χ1) is 12.2. The van der Waals surface area contributed by atoms with E-state index in [0.717, 1.165) is 28.5 Å². The molecular weight excluding hydrogens is 324 g/mol. The maximum Gasteiger partial charge on any atom is 0.231 e. The van der Waals surface area contributed by atoms with Gasteiger partial charge in [0.15, 0.2) is 11.5 Å². The van der Waals surface area contributed by atoms with Crippen molar-refractivity contribution in [3.63, 3.8) is 0 Å². The van der Waals surface area contributed by atoms with E-state index in [4.69, 9.17) is 18.6 Å². The van der Waals surface area contributed by atoms with E-state index < -0.39 is 0 Å². The topological polar surface area (TPSA) is 74.0 Å². The van der Waals surface area contributed by atoms with E-state index in [0.29, 0.717) is 44.8 Å². The number of carbonyl (C=O) groups excluding carboxylic acids is 1. The number of hydrogen-bond acceptors (Lipinski definition) is 6. The Morgan fingerprint density at radius 1 is 1.32 bits per heavy atom. The number of aromatic nitrogens is 1. The summed E-state index contributed by atoms with van der Waals surface area (Å²) in [6.45, 7) is 1.78. The average Bonchev–Trinajstić information content (AvgIpc) is 3.24. The third-order valence-corrected chi connectivity index (χ3v) is 4.46. The lowest BCUT2D eigenvalue weighted by molar-refractivity contribution is -0.132. The van der Waals surface area contributed by atoms with Crippen molar-refractivity contribution in [1.82, 2.24) is 9.88 Å². The minimum Gasteiger partial charge on any atom is -0.454 e. The molecule has 0 spiro atoms. The number of rotatable bonds is 5. The fourth-order valence-corrected chi connectivity index (χ4v) is 3.16. The molecule has 2 aliphatic heterocycles. The molecule has 0 bridgehead atoms. The number of methoxy groups -OCH3 is 1. The van der Waals surface area contributed by atoms with E-state index in [1.54, 1.807) is 7.11 Å². The van der Waals surface area contributed by atoms with Crippen molar-refractivity contribution >= 4 is 5.91 Å². The van der Waals surface area contributed by atoms with E-state index >= 15 is 0 Å². The van der Waals surface area contributed by atoms with Gasteiger partial charge in [0.25, 0.3) is 0 Å². The molecule has 3 heterocycles. The highest BCUT2D eigenvalue weighted by atomic mass is 16.7. The van der Waals surface area contributed by atoms with E-state index in [9.17, 15) is 4.79 Å². The summed E-state index contributed by atoms with van der Waals surface area (Å²) in [4.78, 5) is 18.8. The minimum atomic E-state index is 0.125. The third-order valence-electron chi connectivity index (χ3n) is 4.46. The number of nitrogens with zero attached hydrogens (tertiary/aromatic N) is 2. The van der Waals surface area contributed by atoms with Gasteiger partial charge in [0.2, 0.25) is 18.6 Å². The van der Waals surface area contributed by atoms with Gasteiger partial charge in [-0.3, -0.25) is 4.79 Å². The smallest absolute Gasteiger partial charge is 0.231 e. The Kier molecular flexibility index (Phi) is 4.31. The van der Waals surface area contributed by atoms with Crippen LogP contribution in [0.1, 0.15) is 29.3 Å². The van der Waals surface area contributed by atoms with Crippen molar-refractivity contribution in [3.05, 3.63) is 41.1 Å². The van der Waals surface area contributed by atoms with Crippen LogP contribution in [0.4, 0.5) is 0 Å². The highest BCUT2D eigenvalue weighted by molar-refractivity contribution is 5.76. The molecule has 25 heavy (non-hydrogen) atoms. The molecule has 0 saturated carbocycles. The van der Waals surface area contributed by atoms with Crippen LogP contribution in [-0.2, 0) is 35.5 Å². The predicted molar refractivity (Wildman–Crippen MR) is 87.2 cm³/mol. The maximum atomic E-state index is 12.5. The summed E-state index contributed by atoms with van der Waals surface area (Å²) in [5.41, 5.74) is 1.91. The summed E-state index contributed by atoms with van der Waals surface area (Å²) in [6.07, 6.45) is 1.83. The quantitative estimate of drug-likeness (QED) is 0.827. The normalized spacial score (nSPS) is 15.3. The van der Waals surface area contributed by atoms with Crippen molar-refractivity contribution in [2.24, 2.45) is 0 Å². The van der Waals surface area contributed by atoms with Gasteiger partial charge in [0, 0.05) is 26.5 Å². The second kappa shape index (κ2) is 6.76. The van der Waals surface area contributed by atoms with Gasteiger partial charge in [-0.2, -0.15) is 0 Å². The second-order valence-electron chi connectivity index (χ2n) is 6.16. The number of ether oxygens (including phenoxy) is 3. The monoisotopic (exact) mass is 344 g/mol. The zero-order chi connectivity index (χ0) is 17.2. The van der Waals surface area contributed by atoms with Crippen LogP contribution in [0.5, 0.6) is 11.5 Å². The number of aryl methyl sites for hydroxylation is 1. The zero-order valence-electron chi connectivity index (χ0n) is 14.1. The molecule has 132 valence electrons. The summed E-state index contributed by atoms with van der Waals surface area (Å²) in [5.74, 6) is 3.08. The molecule has 0 unspecified atom stereocenters. The molecule has 0 atom stereocenters. The van der Waals surface area contributed by atoms with Crippen LogP contribution in [0.2, 0.25) is 0 Å². The third kappa shape index (κ3) is 3.32. The number of oxazole rings is 1. The van der Waals surface area contributed by atoms with Gasteiger partial charge in [-0.15, -0.1) is 0 Å². The molecule has 1 aromatic heterocycles. The van der Waals surface area contributed by atoms with E-state index in [2.05, 4.69) is 4.98 Å². The molecule has 1 amide bonds. The fourth-order valence-electron chi connectivity index (χ4n) is 3.16. The molecular formula is C18H20N2O5. The lowest BCUT2D eigenvalue weighted by Crippen LogP contribution is -2.35. The van der Waals surface area contributed by atoms with Crippen LogP contribution in [-0.4, -0.2) is 36.2 Å². The zero-order valence-corrected chi connectivity index (χ0v) is 14.1. The molecule has 0 aliphatic carbocycles. The van der Waals surface area contributed by atoms with Crippen LogP contribution in [0.3, 0.4) is 0 Å². The van der Waals surface area contributed by atoms with Crippen molar-refractivity contribution in [3.8, 4) is 11.5 Å². The summed E-state index contributed by atoms with van der Waals surface area (Å²) < 4.78 is 21.4. The number of benzene rings is 1. The second-order valence-corrected chi connectivity index (χ2v) is 6.16. The molecule has 0 N–H and O–H groups in total. The van der Waals surface area contributed by atoms with Crippen LogP contribution in [0.15, 0.2) is 22.6 Å². The van der Waals surface area contributed by atoms with Gasteiger partial charge < -0.3 is 23.5 Å². The molecule has 2 aromatic rings. The summed E-state index contributed by atoms with van der Waals surface area (Å²) in [5, 5.41) is 0. The molecule has 7 heteroatoms. The van der Waals surface area contributed by atoms with Gasteiger partial charge in [-0.1, -0.05) is 6.07 Å². The lowest BCUT2D eigenvalue weighted by atomic mass is 10.1. The Labute approximate surface area is 145 Å². The number of carbonyl (C=O) groups is 1. The lowest BCUT2D eigenvalue weighted by Gasteiger charge is -2.25. The Bertz CT molecular complexity index is 786. The molecule has 7 nitrogen and oxygen atoms in total. The van der Waals surface area contributed by atoms with Crippen molar-refractivity contribution in [2.45, 2.75) is 32.4 Å². The maximum absolute atomic E-state index is 12.5. The molecule has 1 aromatic carbocycles. The van der Waals surface area contributed by atoms with E-state index in [-0.39, 0.29) is 12.7 Å². The summed E-state index contributed by atoms with van der Waals surface area (Å²) in [6, 6.07) is 5.81. The first-order valence-corrected chi connectivity index (χ1v) is 8.35. The van der Waals surface area contributed by atoms with Gasteiger partial charge in [-0.05, 0) is 24.1 Å². The summed E-state index contributed by atoms with van der Waals surface area (Å²) >= 11 is 0. The van der Waals surface area contributed by atoms with Gasteiger partial charge in [-0.25, -0.2) is 4.98 Å². The number of fused-ring (bicyclic) bond motifs is 2. The highest BCUT2D eigenvalue weighted by Gasteiger charge is 2.25. The molecule has 4 rings (SSSR count). The first-order valence-electron chi connectivity index (χ1n) is 8.35. The fraction of sp³-hybridized carbons (Fsp3) is 0.444. The Hall–Kier alpha value is -2.54. The van der Waals surface area contributed by atoms with Crippen molar-refractivity contribution in [1.29, 1.82) is 0 Å². The van der Waals surface area contributed by atoms with Crippen LogP contribution >= 0.6 is 0 Å². The van der Waals surface area contributed by atoms with Crippen molar-refractivity contribution in [2.75, 3.05) is 20.4 Å². The minimum absolute atomic E-state index is 0.125. The number of hydrogen-bond donors (Lipinski definition) is 0. The van der Waals surface area contributed by atoms with Gasteiger partial charge in [0.05, 0.1) is 6.54 Å². The highest BCUT2D eigenvalue weighted by Crippen LogP contribution is 2.32. The number of amides is 1. The SMILES string of the molecule is COCc1nc2c(o1)CCN(C(=O)CCc1ccc3c(c1)OCO3)C2. The van der Waals surface area contributed by atoms with Crippen LogP contribution < -0.4 is 9.47 Å². The molecule has 0 radical (unpaired) electrons. The Morgan fingerprint density at radius 2 is 2.20 bits per heavy atom.